The Labute approximate surface area is 330 Å². The summed E-state index contributed by atoms with van der Waals surface area (Å²) in [5.41, 5.74) is 15.3. The molecule has 0 saturated carbocycles. The van der Waals surface area contributed by atoms with Crippen LogP contribution in [-0.4, -0.2) is 4.57 Å². The number of nitrogens with zero attached hydrogens (tertiary/aromatic N) is 2. The van der Waals surface area contributed by atoms with Crippen molar-refractivity contribution in [3.8, 4) is 39.1 Å². The molecule has 0 spiro atoms. The highest BCUT2D eigenvalue weighted by atomic mass is 16.3. The minimum Gasteiger partial charge on any atom is -0.456 e. The number of hydrogen-bond donors (Lipinski definition) is 0. The first-order valence-corrected chi connectivity index (χ1v) is 19.4. The summed E-state index contributed by atoms with van der Waals surface area (Å²) < 4.78 is 9.00. The second-order valence-corrected chi connectivity index (χ2v) is 14.5. The summed E-state index contributed by atoms with van der Waals surface area (Å²) in [4.78, 5) is 2.43. The molecule has 3 heteroatoms. The fourth-order valence-corrected chi connectivity index (χ4v) is 8.65. The normalized spacial score (nSPS) is 11.5. The molecule has 0 radical (unpaired) electrons. The topological polar surface area (TPSA) is 21.3 Å². The van der Waals surface area contributed by atoms with E-state index in [0.29, 0.717) is 0 Å². The standard InChI is InChI=1S/C54H36N2O/c1-4-16-37(17-5-1)38-28-30-41(31-29-38)55(42-32-33-45-44-23-12-14-26-48(44)56(50(45)36-42)40-20-8-3-9-21-40)49-34-35-52-54(47-25-13-15-27-51(47)57-52)53(49)46-24-11-10-22-43(46)39-18-6-2-7-19-39/h1-36H. The van der Waals surface area contributed by atoms with Gasteiger partial charge in [-0.05, 0) is 88.5 Å². The van der Waals surface area contributed by atoms with Crippen molar-refractivity contribution in [2.75, 3.05) is 4.90 Å². The van der Waals surface area contributed by atoms with Gasteiger partial charge in [0.2, 0.25) is 0 Å². The molecule has 2 heterocycles. The van der Waals surface area contributed by atoms with Gasteiger partial charge in [-0.15, -0.1) is 0 Å². The fraction of sp³-hybridized carbons (Fsp3) is 0. The van der Waals surface area contributed by atoms with Crippen LogP contribution in [0.15, 0.2) is 223 Å². The summed E-state index contributed by atoms with van der Waals surface area (Å²) in [5, 5.41) is 4.62. The molecule has 0 amide bonds. The molecule has 0 fully saturated rings. The predicted octanol–water partition coefficient (Wildman–Crippen LogP) is 15.2. The third-order valence-corrected chi connectivity index (χ3v) is 11.2. The van der Waals surface area contributed by atoms with Crippen LogP contribution in [0.25, 0.3) is 82.8 Å². The molecule has 11 aromatic rings. The highest BCUT2D eigenvalue weighted by Gasteiger charge is 2.25. The van der Waals surface area contributed by atoms with Crippen molar-refractivity contribution in [1.29, 1.82) is 0 Å². The monoisotopic (exact) mass is 728 g/mol. The highest BCUT2D eigenvalue weighted by Crippen LogP contribution is 2.50. The minimum absolute atomic E-state index is 0.858. The molecule has 0 aliphatic carbocycles. The Morgan fingerprint density at radius 1 is 0.368 bits per heavy atom. The lowest BCUT2D eigenvalue weighted by atomic mass is 9.90. The predicted molar refractivity (Wildman–Crippen MR) is 239 cm³/mol. The number of anilines is 3. The molecule has 0 atom stereocenters. The second kappa shape index (κ2) is 13.6. The van der Waals surface area contributed by atoms with E-state index in [1.54, 1.807) is 0 Å². The minimum atomic E-state index is 0.858. The van der Waals surface area contributed by atoms with Crippen molar-refractivity contribution in [2.24, 2.45) is 0 Å². The molecular formula is C54H36N2O. The number of para-hydroxylation sites is 3. The molecule has 0 aliphatic rings. The summed E-state index contributed by atoms with van der Waals surface area (Å²) in [5.74, 6) is 0. The molecule has 0 unspecified atom stereocenters. The van der Waals surface area contributed by atoms with E-state index in [0.717, 1.165) is 72.5 Å². The molecule has 3 nitrogen and oxygen atoms in total. The van der Waals surface area contributed by atoms with E-state index >= 15 is 0 Å². The average molecular weight is 729 g/mol. The first kappa shape index (κ1) is 32.8. The zero-order valence-electron chi connectivity index (χ0n) is 31.1. The summed E-state index contributed by atoms with van der Waals surface area (Å²) in [6.45, 7) is 0. The number of furan rings is 1. The second-order valence-electron chi connectivity index (χ2n) is 14.5. The van der Waals surface area contributed by atoms with Crippen molar-refractivity contribution >= 4 is 60.8 Å². The van der Waals surface area contributed by atoms with Crippen LogP contribution >= 0.6 is 0 Å². The van der Waals surface area contributed by atoms with Gasteiger partial charge < -0.3 is 13.9 Å². The Morgan fingerprint density at radius 2 is 0.947 bits per heavy atom. The van der Waals surface area contributed by atoms with Crippen molar-refractivity contribution in [3.05, 3.63) is 218 Å². The van der Waals surface area contributed by atoms with Crippen molar-refractivity contribution in [3.63, 3.8) is 0 Å². The molecule has 2 aromatic heterocycles. The van der Waals surface area contributed by atoms with E-state index in [1.807, 2.05) is 6.07 Å². The van der Waals surface area contributed by atoms with Gasteiger partial charge in [0.05, 0.1) is 16.7 Å². The Kier molecular flexibility index (Phi) is 7.82. The van der Waals surface area contributed by atoms with E-state index in [9.17, 15) is 0 Å². The number of rotatable bonds is 7. The lowest BCUT2D eigenvalue weighted by Crippen LogP contribution is -2.12. The van der Waals surface area contributed by atoms with Crippen LogP contribution in [0.5, 0.6) is 0 Å². The van der Waals surface area contributed by atoms with Gasteiger partial charge in [-0.1, -0.05) is 158 Å². The summed E-state index contributed by atoms with van der Waals surface area (Å²) in [6.07, 6.45) is 0. The van der Waals surface area contributed by atoms with Crippen LogP contribution in [0.1, 0.15) is 0 Å². The first-order chi connectivity index (χ1) is 28.3. The molecule has 0 bridgehead atoms. The molecule has 0 saturated heterocycles. The van der Waals surface area contributed by atoms with Crippen molar-refractivity contribution in [2.45, 2.75) is 0 Å². The molecule has 11 rings (SSSR count). The zero-order valence-corrected chi connectivity index (χ0v) is 31.1. The lowest BCUT2D eigenvalue weighted by molar-refractivity contribution is 0.669. The quantitative estimate of drug-likeness (QED) is 0.163. The van der Waals surface area contributed by atoms with Gasteiger partial charge in [0.1, 0.15) is 11.2 Å². The van der Waals surface area contributed by atoms with Crippen molar-refractivity contribution in [1.82, 2.24) is 4.57 Å². The van der Waals surface area contributed by atoms with E-state index in [1.165, 1.54) is 27.4 Å². The average Bonchev–Trinajstić information content (AvgIpc) is 3.83. The van der Waals surface area contributed by atoms with Gasteiger partial charge in [0.15, 0.2) is 0 Å². The van der Waals surface area contributed by atoms with Gasteiger partial charge in [-0.3, -0.25) is 0 Å². The number of benzene rings is 9. The maximum atomic E-state index is 6.61. The van der Waals surface area contributed by atoms with Gasteiger partial charge in [-0.2, -0.15) is 0 Å². The summed E-state index contributed by atoms with van der Waals surface area (Å²) in [7, 11) is 0. The molecule has 9 aromatic carbocycles. The van der Waals surface area contributed by atoms with E-state index in [2.05, 4.69) is 222 Å². The van der Waals surface area contributed by atoms with Crippen LogP contribution in [0.4, 0.5) is 17.1 Å². The van der Waals surface area contributed by atoms with Crippen LogP contribution in [0.2, 0.25) is 0 Å². The molecule has 0 aliphatic heterocycles. The summed E-state index contributed by atoms with van der Waals surface area (Å²) in [6, 6.07) is 78.1. The van der Waals surface area contributed by atoms with Crippen LogP contribution in [-0.2, 0) is 0 Å². The van der Waals surface area contributed by atoms with Crippen LogP contribution < -0.4 is 4.90 Å². The number of fused-ring (bicyclic) bond motifs is 6. The maximum absolute atomic E-state index is 6.61. The zero-order chi connectivity index (χ0) is 37.7. The number of hydrogen-bond acceptors (Lipinski definition) is 2. The van der Waals surface area contributed by atoms with Crippen LogP contribution in [0, 0.1) is 0 Å². The molecule has 268 valence electrons. The van der Waals surface area contributed by atoms with Gasteiger partial charge in [0, 0.05) is 44.2 Å². The van der Waals surface area contributed by atoms with Gasteiger partial charge in [0.25, 0.3) is 0 Å². The van der Waals surface area contributed by atoms with E-state index in [4.69, 9.17) is 4.42 Å². The number of aromatic nitrogens is 1. The Hall–Kier alpha value is -7.62. The molecular weight excluding hydrogens is 693 g/mol. The van der Waals surface area contributed by atoms with E-state index < -0.39 is 0 Å². The maximum Gasteiger partial charge on any atom is 0.136 e. The fourth-order valence-electron chi connectivity index (χ4n) is 8.65. The van der Waals surface area contributed by atoms with Crippen molar-refractivity contribution < 1.29 is 4.42 Å². The van der Waals surface area contributed by atoms with Gasteiger partial charge in [-0.25, -0.2) is 0 Å². The summed E-state index contributed by atoms with van der Waals surface area (Å²) >= 11 is 0. The smallest absolute Gasteiger partial charge is 0.136 e. The highest BCUT2D eigenvalue weighted by molar-refractivity contribution is 6.18. The molecule has 0 N–H and O–H groups in total. The van der Waals surface area contributed by atoms with E-state index in [-0.39, 0.29) is 0 Å². The Morgan fingerprint density at radius 3 is 1.72 bits per heavy atom. The third kappa shape index (κ3) is 5.51. The Bertz CT molecular complexity index is 3220. The largest absolute Gasteiger partial charge is 0.456 e. The SMILES string of the molecule is c1ccc(-c2ccc(N(c3ccc4c5ccccc5n(-c5ccccc5)c4c3)c3ccc4oc5ccccc5c4c3-c3ccccc3-c3ccccc3)cc2)cc1. The molecule has 57 heavy (non-hydrogen) atoms. The van der Waals surface area contributed by atoms with Gasteiger partial charge >= 0.3 is 0 Å². The Balaban J connectivity index is 1.23. The lowest BCUT2D eigenvalue weighted by Gasteiger charge is -2.29. The first-order valence-electron chi connectivity index (χ1n) is 19.4. The third-order valence-electron chi connectivity index (χ3n) is 11.2. The van der Waals surface area contributed by atoms with Crippen LogP contribution in [0.3, 0.4) is 0 Å².